The summed E-state index contributed by atoms with van der Waals surface area (Å²) in [6.07, 6.45) is 0.251. The minimum atomic E-state index is -0.486. The van der Waals surface area contributed by atoms with Gasteiger partial charge in [-0.25, -0.2) is 0 Å². The van der Waals surface area contributed by atoms with Crippen LogP contribution < -0.4 is 5.32 Å². The van der Waals surface area contributed by atoms with E-state index in [0.29, 0.717) is 0 Å². The number of hydrogen-bond acceptors (Lipinski definition) is 3. The molecule has 14 heavy (non-hydrogen) atoms. The summed E-state index contributed by atoms with van der Waals surface area (Å²) in [5.74, 6) is -0.215. The summed E-state index contributed by atoms with van der Waals surface area (Å²) in [4.78, 5) is 22.3. The van der Waals surface area contributed by atoms with Crippen LogP contribution in [-0.2, 0) is 14.3 Å². The van der Waals surface area contributed by atoms with Crippen LogP contribution in [0.5, 0.6) is 0 Å². The smallest absolute Gasteiger partial charge is 0.223 e. The van der Waals surface area contributed by atoms with Gasteiger partial charge in [-0.05, 0) is 27.7 Å². The number of hydrogen-bond donors (Lipinski definition) is 1. The van der Waals surface area contributed by atoms with E-state index in [0.717, 1.165) is 0 Å². The zero-order valence-electron chi connectivity index (χ0n) is 9.51. The molecule has 4 heteroatoms. The van der Waals surface area contributed by atoms with Crippen LogP contribution in [0, 0.1) is 0 Å². The maximum absolute atomic E-state index is 11.4. The normalized spacial score (nSPS) is 13.5. The maximum atomic E-state index is 11.4. The standard InChI is InChI=1S/C10H19NO3/c1-7(8(2)12)11-9(13)6-10(3,4)14-5/h7H,6H2,1-5H3,(H,11,13). The van der Waals surface area contributed by atoms with Gasteiger partial charge in [0.15, 0.2) is 5.78 Å². The zero-order valence-corrected chi connectivity index (χ0v) is 9.51. The second-order valence-electron chi connectivity index (χ2n) is 4.04. The van der Waals surface area contributed by atoms with Crippen molar-refractivity contribution in [1.82, 2.24) is 5.32 Å². The predicted molar refractivity (Wildman–Crippen MR) is 54.0 cm³/mol. The topological polar surface area (TPSA) is 55.4 Å². The molecule has 0 aliphatic carbocycles. The molecule has 1 N–H and O–H groups in total. The van der Waals surface area contributed by atoms with E-state index in [-0.39, 0.29) is 18.1 Å². The van der Waals surface area contributed by atoms with Crippen LogP contribution in [-0.4, -0.2) is 30.4 Å². The van der Waals surface area contributed by atoms with Crippen LogP contribution in [0.25, 0.3) is 0 Å². The summed E-state index contributed by atoms with van der Waals surface area (Å²) in [5.41, 5.74) is -0.486. The summed E-state index contributed by atoms with van der Waals surface area (Å²) in [6.45, 7) is 6.77. The van der Waals surface area contributed by atoms with Crippen LogP contribution in [0.4, 0.5) is 0 Å². The van der Waals surface area contributed by atoms with Gasteiger partial charge >= 0.3 is 0 Å². The van der Waals surface area contributed by atoms with Crippen LogP contribution in [0.15, 0.2) is 0 Å². The molecule has 0 saturated heterocycles. The fraction of sp³-hybridized carbons (Fsp3) is 0.800. The van der Waals surface area contributed by atoms with E-state index in [2.05, 4.69) is 5.32 Å². The van der Waals surface area contributed by atoms with E-state index < -0.39 is 11.6 Å². The van der Waals surface area contributed by atoms with Gasteiger partial charge in [0.05, 0.1) is 18.1 Å². The fourth-order valence-corrected chi connectivity index (χ4v) is 0.853. The lowest BCUT2D eigenvalue weighted by molar-refractivity contribution is -0.130. The molecule has 82 valence electrons. The predicted octanol–water partition coefficient (Wildman–Crippen LogP) is 0.895. The average molecular weight is 201 g/mol. The number of carbonyl (C=O) groups excluding carboxylic acids is 2. The first-order chi connectivity index (χ1) is 6.28. The molecule has 1 atom stereocenters. The van der Waals surface area contributed by atoms with Gasteiger partial charge in [-0.15, -0.1) is 0 Å². The highest BCUT2D eigenvalue weighted by Gasteiger charge is 2.22. The van der Waals surface area contributed by atoms with Gasteiger partial charge in [-0.2, -0.15) is 0 Å². The Hall–Kier alpha value is -0.900. The Kier molecular flexibility index (Phi) is 4.77. The third kappa shape index (κ3) is 4.97. The Labute approximate surface area is 85.0 Å². The zero-order chi connectivity index (χ0) is 11.4. The molecule has 1 unspecified atom stereocenters. The van der Waals surface area contributed by atoms with Crippen molar-refractivity contribution in [2.24, 2.45) is 0 Å². The van der Waals surface area contributed by atoms with Crippen molar-refractivity contribution in [3.8, 4) is 0 Å². The van der Waals surface area contributed by atoms with Crippen LogP contribution >= 0.6 is 0 Å². The molecule has 0 spiro atoms. The van der Waals surface area contributed by atoms with Crippen molar-refractivity contribution in [3.05, 3.63) is 0 Å². The maximum Gasteiger partial charge on any atom is 0.223 e. The third-order valence-electron chi connectivity index (χ3n) is 2.13. The lowest BCUT2D eigenvalue weighted by Crippen LogP contribution is -2.41. The first-order valence-electron chi connectivity index (χ1n) is 4.63. The van der Waals surface area contributed by atoms with Crippen LogP contribution in [0.1, 0.15) is 34.1 Å². The largest absolute Gasteiger partial charge is 0.378 e. The second-order valence-corrected chi connectivity index (χ2v) is 4.04. The van der Waals surface area contributed by atoms with Gasteiger partial charge in [-0.3, -0.25) is 9.59 Å². The number of ketones is 1. The number of Topliss-reactive ketones (excluding diaryl/α,β-unsaturated/α-hetero) is 1. The van der Waals surface area contributed by atoms with Gasteiger partial charge in [0.25, 0.3) is 0 Å². The van der Waals surface area contributed by atoms with Gasteiger partial charge in [0.2, 0.25) is 5.91 Å². The van der Waals surface area contributed by atoms with Crippen molar-refractivity contribution in [2.45, 2.75) is 45.8 Å². The molecule has 0 aromatic heterocycles. The lowest BCUT2D eigenvalue weighted by atomic mass is 10.0. The highest BCUT2D eigenvalue weighted by molar-refractivity contribution is 5.87. The molecular formula is C10H19NO3. The molecule has 0 saturated carbocycles. The molecule has 0 aliphatic heterocycles. The molecule has 0 radical (unpaired) electrons. The summed E-state index contributed by atoms with van der Waals surface area (Å²) in [5, 5.41) is 2.60. The van der Waals surface area contributed by atoms with E-state index in [9.17, 15) is 9.59 Å². The fourth-order valence-electron chi connectivity index (χ4n) is 0.853. The van der Waals surface area contributed by atoms with Crippen molar-refractivity contribution in [1.29, 1.82) is 0 Å². The molecule has 0 heterocycles. The first-order valence-corrected chi connectivity index (χ1v) is 4.63. The molecule has 0 aliphatic rings. The average Bonchev–Trinajstić information content (AvgIpc) is 2.02. The molecule has 0 aromatic carbocycles. The molecule has 0 aromatic rings. The third-order valence-corrected chi connectivity index (χ3v) is 2.13. The molecule has 0 fully saturated rings. The lowest BCUT2D eigenvalue weighted by Gasteiger charge is -2.22. The van der Waals surface area contributed by atoms with Crippen molar-refractivity contribution in [2.75, 3.05) is 7.11 Å². The van der Waals surface area contributed by atoms with Crippen molar-refractivity contribution >= 4 is 11.7 Å². The summed E-state index contributed by atoms with van der Waals surface area (Å²) >= 11 is 0. The number of methoxy groups -OCH3 is 1. The summed E-state index contributed by atoms with van der Waals surface area (Å²) in [7, 11) is 1.56. The van der Waals surface area contributed by atoms with Gasteiger partial charge in [-0.1, -0.05) is 0 Å². The second kappa shape index (κ2) is 5.10. The SMILES string of the molecule is COC(C)(C)CC(=O)NC(C)C(C)=O. The minimum Gasteiger partial charge on any atom is -0.378 e. The Balaban J connectivity index is 4.05. The van der Waals surface area contributed by atoms with Gasteiger partial charge in [0, 0.05) is 7.11 Å². The molecule has 0 bridgehead atoms. The van der Waals surface area contributed by atoms with E-state index in [4.69, 9.17) is 4.74 Å². The molecule has 4 nitrogen and oxygen atoms in total. The molecular weight excluding hydrogens is 182 g/mol. The van der Waals surface area contributed by atoms with E-state index >= 15 is 0 Å². The number of nitrogens with one attached hydrogen (secondary N) is 1. The number of ether oxygens (including phenoxy) is 1. The van der Waals surface area contributed by atoms with Crippen molar-refractivity contribution in [3.63, 3.8) is 0 Å². The van der Waals surface area contributed by atoms with Crippen molar-refractivity contribution < 1.29 is 14.3 Å². The quantitative estimate of drug-likeness (QED) is 0.719. The van der Waals surface area contributed by atoms with E-state index in [1.165, 1.54) is 6.92 Å². The highest BCUT2D eigenvalue weighted by atomic mass is 16.5. The minimum absolute atomic E-state index is 0.0476. The van der Waals surface area contributed by atoms with Crippen LogP contribution in [0.2, 0.25) is 0 Å². The van der Waals surface area contributed by atoms with E-state index in [1.54, 1.807) is 14.0 Å². The Bertz CT molecular complexity index is 223. The Morgan fingerprint density at radius 2 is 1.93 bits per heavy atom. The van der Waals surface area contributed by atoms with E-state index in [1.807, 2.05) is 13.8 Å². The summed E-state index contributed by atoms with van der Waals surface area (Å²) < 4.78 is 5.10. The molecule has 1 amide bonds. The van der Waals surface area contributed by atoms with Gasteiger partial charge in [0.1, 0.15) is 0 Å². The summed E-state index contributed by atoms with van der Waals surface area (Å²) in [6, 6.07) is -0.421. The van der Waals surface area contributed by atoms with Crippen LogP contribution in [0.3, 0.4) is 0 Å². The first kappa shape index (κ1) is 13.1. The van der Waals surface area contributed by atoms with Gasteiger partial charge < -0.3 is 10.1 Å². The Morgan fingerprint density at radius 3 is 2.29 bits per heavy atom. The highest BCUT2D eigenvalue weighted by Crippen LogP contribution is 2.12. The number of rotatable bonds is 5. The molecule has 0 rings (SSSR count). The number of carbonyl (C=O) groups is 2. The Morgan fingerprint density at radius 1 is 1.43 bits per heavy atom. The number of amides is 1. The monoisotopic (exact) mass is 201 g/mol.